The number of hydrogen-bond acceptors (Lipinski definition) is 3. The first-order chi connectivity index (χ1) is 10.2. The fourth-order valence-corrected chi connectivity index (χ4v) is 3.81. The lowest BCUT2D eigenvalue weighted by Gasteiger charge is -2.22. The molecule has 21 heavy (non-hydrogen) atoms. The van der Waals surface area contributed by atoms with Gasteiger partial charge in [-0.2, -0.15) is 0 Å². The van der Waals surface area contributed by atoms with Crippen LogP contribution in [0.2, 0.25) is 0 Å². The van der Waals surface area contributed by atoms with E-state index in [2.05, 4.69) is 29.2 Å². The summed E-state index contributed by atoms with van der Waals surface area (Å²) in [5.74, 6) is -0.116. The standard InChI is InChI=1S/C17H19NO2S/c19-17(20)10-16-18-15(11-21-16)14-8-6-13(7-9-14)12-4-2-1-3-5-12/h6-9,11-12H,1-5,10H2,(H,19,20). The molecule has 1 aliphatic rings. The number of carbonyl (C=O) groups is 1. The maximum absolute atomic E-state index is 10.7. The summed E-state index contributed by atoms with van der Waals surface area (Å²) in [5, 5.41) is 11.4. The van der Waals surface area contributed by atoms with E-state index in [4.69, 9.17) is 5.11 Å². The molecule has 0 unspecified atom stereocenters. The lowest BCUT2D eigenvalue weighted by molar-refractivity contribution is -0.136. The second-order valence-electron chi connectivity index (χ2n) is 5.65. The van der Waals surface area contributed by atoms with E-state index in [1.54, 1.807) is 0 Å². The second kappa shape index (κ2) is 6.39. The smallest absolute Gasteiger partial charge is 0.310 e. The zero-order valence-corrected chi connectivity index (χ0v) is 12.7. The minimum Gasteiger partial charge on any atom is -0.481 e. The van der Waals surface area contributed by atoms with Gasteiger partial charge >= 0.3 is 5.97 Å². The summed E-state index contributed by atoms with van der Waals surface area (Å²) in [6.45, 7) is 0. The third-order valence-corrected chi connectivity index (χ3v) is 4.99. The summed E-state index contributed by atoms with van der Waals surface area (Å²) in [7, 11) is 0. The molecular weight excluding hydrogens is 282 g/mol. The van der Waals surface area contributed by atoms with Gasteiger partial charge in [0.25, 0.3) is 0 Å². The van der Waals surface area contributed by atoms with Crippen LogP contribution in [0.4, 0.5) is 0 Å². The van der Waals surface area contributed by atoms with Crippen LogP contribution in [0.15, 0.2) is 29.6 Å². The zero-order valence-electron chi connectivity index (χ0n) is 11.9. The number of carboxylic acid groups (broad SMARTS) is 1. The average Bonchev–Trinajstić information content (AvgIpc) is 2.96. The van der Waals surface area contributed by atoms with Crippen molar-refractivity contribution in [3.63, 3.8) is 0 Å². The van der Waals surface area contributed by atoms with Gasteiger partial charge in [0.05, 0.1) is 12.1 Å². The molecule has 1 aliphatic carbocycles. The maximum atomic E-state index is 10.7. The molecule has 3 rings (SSSR count). The maximum Gasteiger partial charge on any atom is 0.310 e. The molecule has 0 spiro atoms. The van der Waals surface area contributed by atoms with E-state index in [0.29, 0.717) is 10.9 Å². The fraction of sp³-hybridized carbons (Fsp3) is 0.412. The van der Waals surface area contributed by atoms with Crippen molar-refractivity contribution >= 4 is 17.3 Å². The largest absolute Gasteiger partial charge is 0.481 e. The van der Waals surface area contributed by atoms with Crippen LogP contribution >= 0.6 is 11.3 Å². The second-order valence-corrected chi connectivity index (χ2v) is 6.60. The van der Waals surface area contributed by atoms with Crippen molar-refractivity contribution in [1.82, 2.24) is 4.98 Å². The van der Waals surface area contributed by atoms with E-state index >= 15 is 0 Å². The van der Waals surface area contributed by atoms with Crippen molar-refractivity contribution in [2.45, 2.75) is 44.4 Å². The summed E-state index contributed by atoms with van der Waals surface area (Å²) in [6.07, 6.45) is 6.68. The van der Waals surface area contributed by atoms with E-state index in [0.717, 1.165) is 11.3 Å². The topological polar surface area (TPSA) is 50.2 Å². The minimum atomic E-state index is -0.830. The Hall–Kier alpha value is -1.68. The zero-order chi connectivity index (χ0) is 14.7. The molecule has 3 nitrogen and oxygen atoms in total. The number of aromatic nitrogens is 1. The number of hydrogen-bond donors (Lipinski definition) is 1. The van der Waals surface area contributed by atoms with Gasteiger partial charge in [-0.15, -0.1) is 11.3 Å². The Morgan fingerprint density at radius 3 is 2.57 bits per heavy atom. The monoisotopic (exact) mass is 301 g/mol. The number of nitrogens with zero attached hydrogens (tertiary/aromatic N) is 1. The quantitative estimate of drug-likeness (QED) is 0.905. The van der Waals surface area contributed by atoms with Crippen LogP contribution in [0, 0.1) is 0 Å². The molecule has 0 amide bonds. The van der Waals surface area contributed by atoms with Gasteiger partial charge in [-0.05, 0) is 24.3 Å². The first kappa shape index (κ1) is 14.3. The lowest BCUT2D eigenvalue weighted by atomic mass is 9.84. The molecule has 0 saturated heterocycles. The molecule has 110 valence electrons. The molecule has 1 aromatic heterocycles. The summed E-state index contributed by atoms with van der Waals surface area (Å²) >= 11 is 1.41. The van der Waals surface area contributed by atoms with Gasteiger partial charge in [0.15, 0.2) is 0 Å². The van der Waals surface area contributed by atoms with Crippen LogP contribution < -0.4 is 0 Å². The minimum absolute atomic E-state index is 0.00479. The van der Waals surface area contributed by atoms with Gasteiger partial charge in [0, 0.05) is 10.9 Å². The van der Waals surface area contributed by atoms with Crippen molar-refractivity contribution in [1.29, 1.82) is 0 Å². The summed E-state index contributed by atoms with van der Waals surface area (Å²) in [4.78, 5) is 15.1. The Labute approximate surface area is 128 Å². The van der Waals surface area contributed by atoms with Gasteiger partial charge < -0.3 is 5.11 Å². The Kier molecular flexibility index (Phi) is 4.34. The molecule has 1 aromatic carbocycles. The van der Waals surface area contributed by atoms with Crippen LogP contribution in [-0.4, -0.2) is 16.1 Å². The fourth-order valence-electron chi connectivity index (χ4n) is 3.02. The Morgan fingerprint density at radius 1 is 1.19 bits per heavy atom. The molecule has 1 fully saturated rings. The van der Waals surface area contributed by atoms with Crippen LogP contribution in [0.25, 0.3) is 11.3 Å². The normalized spacial score (nSPS) is 16.0. The third-order valence-electron chi connectivity index (χ3n) is 4.14. The van der Waals surface area contributed by atoms with Crippen LogP contribution in [0.1, 0.15) is 48.6 Å². The number of thiazole rings is 1. The Bertz CT molecular complexity index is 612. The highest BCUT2D eigenvalue weighted by molar-refractivity contribution is 7.10. The Balaban J connectivity index is 1.74. The van der Waals surface area contributed by atoms with Crippen molar-refractivity contribution in [2.75, 3.05) is 0 Å². The van der Waals surface area contributed by atoms with E-state index < -0.39 is 5.97 Å². The first-order valence-corrected chi connectivity index (χ1v) is 8.37. The van der Waals surface area contributed by atoms with E-state index in [9.17, 15) is 4.79 Å². The van der Waals surface area contributed by atoms with Gasteiger partial charge in [-0.25, -0.2) is 4.98 Å². The predicted molar refractivity (Wildman–Crippen MR) is 84.7 cm³/mol. The lowest BCUT2D eigenvalue weighted by Crippen LogP contribution is -2.04. The average molecular weight is 301 g/mol. The highest BCUT2D eigenvalue weighted by Crippen LogP contribution is 2.33. The third kappa shape index (κ3) is 3.50. The van der Waals surface area contributed by atoms with Crippen LogP contribution in [-0.2, 0) is 11.2 Å². The number of benzene rings is 1. The first-order valence-electron chi connectivity index (χ1n) is 7.49. The summed E-state index contributed by atoms with van der Waals surface area (Å²) in [6, 6.07) is 8.65. The number of carboxylic acids is 1. The summed E-state index contributed by atoms with van der Waals surface area (Å²) in [5.41, 5.74) is 3.38. The summed E-state index contributed by atoms with van der Waals surface area (Å²) < 4.78 is 0. The molecule has 4 heteroatoms. The molecule has 0 atom stereocenters. The Morgan fingerprint density at radius 2 is 1.90 bits per heavy atom. The SMILES string of the molecule is O=C(O)Cc1nc(-c2ccc(C3CCCCC3)cc2)cs1. The van der Waals surface area contributed by atoms with Crippen LogP contribution in [0.5, 0.6) is 0 Å². The van der Waals surface area contributed by atoms with E-state index in [1.807, 2.05) is 5.38 Å². The molecule has 0 bridgehead atoms. The van der Waals surface area contributed by atoms with E-state index in [1.165, 1.54) is 49.0 Å². The molecule has 2 aromatic rings. The van der Waals surface area contributed by atoms with Crippen molar-refractivity contribution in [2.24, 2.45) is 0 Å². The van der Waals surface area contributed by atoms with Gasteiger partial charge in [0.2, 0.25) is 0 Å². The highest BCUT2D eigenvalue weighted by atomic mass is 32.1. The van der Waals surface area contributed by atoms with E-state index in [-0.39, 0.29) is 6.42 Å². The highest BCUT2D eigenvalue weighted by Gasteiger charge is 2.15. The molecule has 1 saturated carbocycles. The molecule has 0 radical (unpaired) electrons. The van der Waals surface area contributed by atoms with Crippen molar-refractivity contribution < 1.29 is 9.90 Å². The predicted octanol–water partition coefficient (Wildman–Crippen LogP) is 4.48. The van der Waals surface area contributed by atoms with Gasteiger partial charge in [0.1, 0.15) is 5.01 Å². The molecular formula is C17H19NO2S. The molecule has 1 heterocycles. The number of rotatable bonds is 4. The molecule has 1 N–H and O–H groups in total. The van der Waals surface area contributed by atoms with Crippen molar-refractivity contribution in [3.8, 4) is 11.3 Å². The van der Waals surface area contributed by atoms with Crippen LogP contribution in [0.3, 0.4) is 0 Å². The van der Waals surface area contributed by atoms with Crippen molar-refractivity contribution in [3.05, 3.63) is 40.2 Å². The molecule has 0 aliphatic heterocycles. The van der Waals surface area contributed by atoms with Gasteiger partial charge in [-0.3, -0.25) is 4.79 Å². The van der Waals surface area contributed by atoms with Gasteiger partial charge in [-0.1, -0.05) is 43.5 Å². The number of aliphatic carboxylic acids is 1.